The molecule has 0 bridgehead atoms. The first-order chi connectivity index (χ1) is 8.08. The SMILES string of the molecule is CC(=O)CN1Cc2ccccc2C[C@H](N)C1=O. The minimum Gasteiger partial charge on any atom is -0.330 e. The molecule has 0 aliphatic carbocycles. The summed E-state index contributed by atoms with van der Waals surface area (Å²) in [7, 11) is 0. The number of carbonyl (C=O) groups is 2. The molecule has 4 nitrogen and oxygen atoms in total. The average Bonchev–Trinajstić information content (AvgIpc) is 2.38. The van der Waals surface area contributed by atoms with Crippen LogP contribution in [-0.4, -0.2) is 29.2 Å². The molecule has 1 aromatic carbocycles. The Kier molecular flexibility index (Phi) is 3.24. The second kappa shape index (κ2) is 4.67. The molecule has 0 aromatic heterocycles. The maximum Gasteiger partial charge on any atom is 0.240 e. The number of Topliss-reactive ketones (excluding diaryl/α,β-unsaturated/α-hetero) is 1. The number of hydrogen-bond acceptors (Lipinski definition) is 3. The molecule has 1 aliphatic heterocycles. The molecule has 0 unspecified atom stereocenters. The first-order valence-electron chi connectivity index (χ1n) is 5.68. The van der Waals surface area contributed by atoms with Crippen molar-refractivity contribution in [2.24, 2.45) is 5.73 Å². The fourth-order valence-electron chi connectivity index (χ4n) is 2.16. The molecule has 90 valence electrons. The Morgan fingerprint density at radius 2 is 2.06 bits per heavy atom. The van der Waals surface area contributed by atoms with Crippen molar-refractivity contribution in [3.63, 3.8) is 0 Å². The number of nitrogens with two attached hydrogens (primary N) is 1. The van der Waals surface area contributed by atoms with Gasteiger partial charge in [0, 0.05) is 6.54 Å². The van der Waals surface area contributed by atoms with Crippen LogP contribution < -0.4 is 5.73 Å². The molecule has 1 aromatic rings. The number of hydrogen-bond donors (Lipinski definition) is 1. The average molecular weight is 232 g/mol. The number of ketones is 1. The van der Waals surface area contributed by atoms with E-state index >= 15 is 0 Å². The Hall–Kier alpha value is -1.68. The highest BCUT2D eigenvalue weighted by molar-refractivity contribution is 5.88. The Morgan fingerprint density at radius 1 is 1.41 bits per heavy atom. The van der Waals surface area contributed by atoms with Crippen molar-refractivity contribution in [2.75, 3.05) is 6.54 Å². The number of benzene rings is 1. The van der Waals surface area contributed by atoms with E-state index in [2.05, 4.69) is 0 Å². The van der Waals surface area contributed by atoms with Crippen molar-refractivity contribution in [3.8, 4) is 0 Å². The third kappa shape index (κ3) is 2.53. The third-order valence-electron chi connectivity index (χ3n) is 2.96. The second-order valence-electron chi connectivity index (χ2n) is 4.48. The van der Waals surface area contributed by atoms with E-state index in [1.807, 2.05) is 24.3 Å². The van der Waals surface area contributed by atoms with Gasteiger partial charge in [0.1, 0.15) is 5.78 Å². The van der Waals surface area contributed by atoms with Crippen LogP contribution in [0, 0.1) is 0 Å². The standard InChI is InChI=1S/C13H16N2O2/c1-9(16)7-15-8-11-5-3-2-4-10(11)6-12(14)13(15)17/h2-5,12H,6-8,14H2,1H3/t12-/m0/s1. The number of carbonyl (C=O) groups excluding carboxylic acids is 2. The van der Waals surface area contributed by atoms with Gasteiger partial charge >= 0.3 is 0 Å². The van der Waals surface area contributed by atoms with E-state index < -0.39 is 6.04 Å². The van der Waals surface area contributed by atoms with Gasteiger partial charge in [0.15, 0.2) is 0 Å². The summed E-state index contributed by atoms with van der Waals surface area (Å²) in [6.07, 6.45) is 0.545. The lowest BCUT2D eigenvalue weighted by Gasteiger charge is -2.21. The smallest absolute Gasteiger partial charge is 0.240 e. The van der Waals surface area contributed by atoms with E-state index in [-0.39, 0.29) is 18.2 Å². The van der Waals surface area contributed by atoms with Crippen LogP contribution in [0.5, 0.6) is 0 Å². The third-order valence-corrected chi connectivity index (χ3v) is 2.96. The minimum atomic E-state index is -0.544. The zero-order chi connectivity index (χ0) is 12.4. The highest BCUT2D eigenvalue weighted by Gasteiger charge is 2.27. The van der Waals surface area contributed by atoms with E-state index in [1.54, 1.807) is 4.90 Å². The van der Waals surface area contributed by atoms with Crippen molar-refractivity contribution in [1.82, 2.24) is 4.90 Å². The maximum absolute atomic E-state index is 12.0. The predicted molar refractivity (Wildman–Crippen MR) is 64.2 cm³/mol. The summed E-state index contributed by atoms with van der Waals surface area (Å²) >= 11 is 0. The molecule has 2 N–H and O–H groups in total. The van der Waals surface area contributed by atoms with Crippen LogP contribution >= 0.6 is 0 Å². The molecule has 17 heavy (non-hydrogen) atoms. The van der Waals surface area contributed by atoms with Crippen molar-refractivity contribution in [3.05, 3.63) is 35.4 Å². The lowest BCUT2D eigenvalue weighted by Crippen LogP contribution is -2.44. The first-order valence-corrected chi connectivity index (χ1v) is 5.68. The fraction of sp³-hybridized carbons (Fsp3) is 0.385. The highest BCUT2D eigenvalue weighted by atomic mass is 16.2. The molecule has 4 heteroatoms. The van der Waals surface area contributed by atoms with Crippen molar-refractivity contribution >= 4 is 11.7 Å². The predicted octanol–water partition coefficient (Wildman–Crippen LogP) is 0.488. The molecule has 1 atom stereocenters. The molecular formula is C13H16N2O2. The second-order valence-corrected chi connectivity index (χ2v) is 4.48. The van der Waals surface area contributed by atoms with Crippen LogP contribution in [0.3, 0.4) is 0 Å². The Labute approximate surface area is 100 Å². The molecule has 0 saturated carbocycles. The van der Waals surface area contributed by atoms with Gasteiger partial charge in [-0.15, -0.1) is 0 Å². The molecule has 0 spiro atoms. The number of amides is 1. The van der Waals surface area contributed by atoms with Crippen LogP contribution in [-0.2, 0) is 22.6 Å². The normalized spacial score (nSPS) is 19.8. The summed E-state index contributed by atoms with van der Waals surface area (Å²) in [6, 6.07) is 7.30. The number of rotatable bonds is 2. The van der Waals surface area contributed by atoms with Gasteiger partial charge in [-0.3, -0.25) is 9.59 Å². The topological polar surface area (TPSA) is 63.4 Å². The fourth-order valence-corrected chi connectivity index (χ4v) is 2.16. The number of nitrogens with zero attached hydrogens (tertiary/aromatic N) is 1. The van der Waals surface area contributed by atoms with Crippen molar-refractivity contribution < 1.29 is 9.59 Å². The van der Waals surface area contributed by atoms with Gasteiger partial charge in [0.2, 0.25) is 5.91 Å². The van der Waals surface area contributed by atoms with E-state index in [4.69, 9.17) is 5.73 Å². The zero-order valence-corrected chi connectivity index (χ0v) is 9.85. The summed E-state index contributed by atoms with van der Waals surface area (Å²) in [5.41, 5.74) is 8.03. The molecule has 0 saturated heterocycles. The van der Waals surface area contributed by atoms with Gasteiger partial charge < -0.3 is 10.6 Å². The summed E-state index contributed by atoms with van der Waals surface area (Å²) in [5.74, 6) is -0.165. The van der Waals surface area contributed by atoms with Gasteiger partial charge in [-0.05, 0) is 24.5 Å². The summed E-state index contributed by atoms with van der Waals surface area (Å²) in [4.78, 5) is 24.7. The van der Waals surface area contributed by atoms with Crippen LogP contribution in [0.2, 0.25) is 0 Å². The zero-order valence-electron chi connectivity index (χ0n) is 9.85. The quantitative estimate of drug-likeness (QED) is 0.807. The van der Waals surface area contributed by atoms with Gasteiger partial charge in [-0.1, -0.05) is 24.3 Å². The molecular weight excluding hydrogens is 216 g/mol. The summed E-state index contributed by atoms with van der Waals surface area (Å²) in [5, 5.41) is 0. The Morgan fingerprint density at radius 3 is 2.71 bits per heavy atom. The summed E-state index contributed by atoms with van der Waals surface area (Å²) < 4.78 is 0. The molecule has 2 rings (SSSR count). The van der Waals surface area contributed by atoms with Crippen LogP contribution in [0.25, 0.3) is 0 Å². The highest BCUT2D eigenvalue weighted by Crippen LogP contribution is 2.18. The Balaban J connectivity index is 2.31. The molecule has 1 aliphatic rings. The van der Waals surface area contributed by atoms with Crippen LogP contribution in [0.1, 0.15) is 18.1 Å². The maximum atomic E-state index is 12.0. The summed E-state index contributed by atoms with van der Waals surface area (Å²) in [6.45, 7) is 2.10. The van der Waals surface area contributed by atoms with E-state index in [0.29, 0.717) is 13.0 Å². The van der Waals surface area contributed by atoms with Crippen LogP contribution in [0.15, 0.2) is 24.3 Å². The number of fused-ring (bicyclic) bond motifs is 1. The minimum absolute atomic E-state index is 0.0232. The van der Waals surface area contributed by atoms with E-state index in [0.717, 1.165) is 11.1 Å². The largest absolute Gasteiger partial charge is 0.330 e. The van der Waals surface area contributed by atoms with Gasteiger partial charge in [-0.2, -0.15) is 0 Å². The van der Waals surface area contributed by atoms with E-state index in [9.17, 15) is 9.59 Å². The van der Waals surface area contributed by atoms with Crippen molar-refractivity contribution in [1.29, 1.82) is 0 Å². The molecule has 0 radical (unpaired) electrons. The van der Waals surface area contributed by atoms with Gasteiger partial charge in [-0.25, -0.2) is 0 Å². The Bertz CT molecular complexity index is 456. The monoisotopic (exact) mass is 232 g/mol. The lowest BCUT2D eigenvalue weighted by molar-refractivity contribution is -0.136. The van der Waals surface area contributed by atoms with Gasteiger partial charge in [0.05, 0.1) is 12.6 Å². The lowest BCUT2D eigenvalue weighted by atomic mass is 10.0. The first kappa shape index (κ1) is 11.8. The van der Waals surface area contributed by atoms with Crippen LogP contribution in [0.4, 0.5) is 0 Å². The molecule has 0 fully saturated rings. The van der Waals surface area contributed by atoms with Crippen molar-refractivity contribution in [2.45, 2.75) is 25.9 Å². The van der Waals surface area contributed by atoms with Gasteiger partial charge in [0.25, 0.3) is 0 Å². The molecule has 1 amide bonds. The molecule has 1 heterocycles. The van der Waals surface area contributed by atoms with E-state index in [1.165, 1.54) is 6.92 Å².